The molecule has 1 heterocycles. The number of hydrogen-bond acceptors (Lipinski definition) is 5. The van der Waals surface area contributed by atoms with E-state index in [0.29, 0.717) is 26.3 Å². The molecule has 46 heavy (non-hydrogen) atoms. The molecule has 7 heteroatoms. The number of benzene rings is 3. The molecule has 0 N–H and O–H groups in total. The monoisotopic (exact) mass is 622 g/mol. The van der Waals surface area contributed by atoms with Crippen molar-refractivity contribution in [2.75, 3.05) is 6.54 Å². The summed E-state index contributed by atoms with van der Waals surface area (Å²) in [5.41, 5.74) is 7.97. The Hall–Kier alpha value is -4.13. The molecule has 1 fully saturated rings. The first-order chi connectivity index (χ1) is 22.0. The number of carbonyl (C=O) groups is 1. The van der Waals surface area contributed by atoms with Crippen LogP contribution in [0.5, 0.6) is 11.5 Å². The number of amides is 1. The molecule has 0 unspecified atom stereocenters. The zero-order valence-electron chi connectivity index (χ0n) is 28.7. The van der Waals surface area contributed by atoms with Gasteiger partial charge in [-0.3, -0.25) is 4.79 Å². The van der Waals surface area contributed by atoms with Crippen molar-refractivity contribution in [2.45, 2.75) is 105 Å². The molecule has 5 rings (SSSR count). The van der Waals surface area contributed by atoms with Crippen LogP contribution in [0.4, 0.5) is 0 Å². The third-order valence-corrected chi connectivity index (χ3v) is 9.31. The second-order valence-electron chi connectivity index (χ2n) is 13.9. The highest BCUT2D eigenvalue weighted by Crippen LogP contribution is 2.34. The maximum atomic E-state index is 13.7. The van der Waals surface area contributed by atoms with Crippen LogP contribution in [0.15, 0.2) is 66.9 Å². The molecule has 0 spiro atoms. The van der Waals surface area contributed by atoms with Crippen LogP contribution in [0.2, 0.25) is 0 Å². The first kappa shape index (κ1) is 33.2. The van der Waals surface area contributed by atoms with E-state index >= 15 is 0 Å². The molecule has 3 aromatic carbocycles. The number of nitrogens with zero attached hydrogens (tertiary/aromatic N) is 4. The molecule has 0 aliphatic heterocycles. The Morgan fingerprint density at radius 3 is 2.20 bits per heavy atom. The van der Waals surface area contributed by atoms with Gasteiger partial charge in [-0.05, 0) is 104 Å². The van der Waals surface area contributed by atoms with Gasteiger partial charge in [0.25, 0.3) is 0 Å². The Labute approximate surface area is 274 Å². The molecule has 1 aromatic heterocycles. The van der Waals surface area contributed by atoms with E-state index in [2.05, 4.69) is 101 Å². The van der Waals surface area contributed by atoms with E-state index in [9.17, 15) is 4.79 Å². The van der Waals surface area contributed by atoms with Crippen LogP contribution in [-0.4, -0.2) is 32.3 Å². The maximum Gasteiger partial charge on any atom is 0.225 e. The highest BCUT2D eigenvalue weighted by molar-refractivity contribution is 5.79. The number of carbonyl (C=O) groups excluding carboxylic acids is 1. The van der Waals surface area contributed by atoms with Crippen molar-refractivity contribution in [3.8, 4) is 11.5 Å². The highest BCUT2D eigenvalue weighted by atomic mass is 16.5. The molecule has 0 atom stereocenters. The molecule has 1 amide bonds. The lowest BCUT2D eigenvalue weighted by Gasteiger charge is -2.32. The van der Waals surface area contributed by atoms with Crippen molar-refractivity contribution in [3.05, 3.63) is 106 Å². The van der Waals surface area contributed by atoms with E-state index in [1.807, 2.05) is 34.0 Å². The molecule has 0 saturated heterocycles. The normalized spacial score (nSPS) is 16.7. The van der Waals surface area contributed by atoms with Gasteiger partial charge in [0, 0.05) is 19.0 Å². The Balaban J connectivity index is 1.12. The molecule has 0 radical (unpaired) electrons. The minimum atomic E-state index is 0.0394. The first-order valence-electron chi connectivity index (χ1n) is 16.7. The zero-order chi connectivity index (χ0) is 32.8. The molecule has 7 nitrogen and oxygen atoms in total. The molecule has 0 bridgehead atoms. The van der Waals surface area contributed by atoms with Gasteiger partial charge in [-0.25, -0.2) is 4.68 Å². The summed E-state index contributed by atoms with van der Waals surface area (Å²) in [6, 6.07) is 21.2. The summed E-state index contributed by atoms with van der Waals surface area (Å²) in [6.07, 6.45) is 5.53. The lowest BCUT2D eigenvalue weighted by atomic mass is 9.85. The fraction of sp³-hybridized carbons (Fsp3) is 0.462. The van der Waals surface area contributed by atoms with Crippen LogP contribution in [0, 0.1) is 26.7 Å². The minimum Gasteiger partial charge on any atom is -0.488 e. The van der Waals surface area contributed by atoms with Gasteiger partial charge in [0.15, 0.2) is 0 Å². The average molecular weight is 623 g/mol. The largest absolute Gasteiger partial charge is 0.488 e. The SMILES string of the molecule is CCN(Cc1cc(C)c(OCc2ccccc2C)c(C)c1)C(=O)C1CCC(n2cc(COc3ccc(C(C)(C)C)cc3)nn2)CC1. The van der Waals surface area contributed by atoms with Crippen molar-refractivity contribution in [1.29, 1.82) is 0 Å². The van der Waals surface area contributed by atoms with Gasteiger partial charge >= 0.3 is 0 Å². The van der Waals surface area contributed by atoms with Gasteiger partial charge in [0.1, 0.15) is 30.4 Å². The van der Waals surface area contributed by atoms with Crippen LogP contribution in [-0.2, 0) is 30.0 Å². The summed E-state index contributed by atoms with van der Waals surface area (Å²) in [5.74, 6) is 2.05. The van der Waals surface area contributed by atoms with Crippen LogP contribution < -0.4 is 9.47 Å². The van der Waals surface area contributed by atoms with E-state index in [-0.39, 0.29) is 23.3 Å². The van der Waals surface area contributed by atoms with E-state index in [0.717, 1.165) is 59.6 Å². The second-order valence-corrected chi connectivity index (χ2v) is 13.9. The smallest absolute Gasteiger partial charge is 0.225 e. The zero-order valence-corrected chi connectivity index (χ0v) is 28.7. The van der Waals surface area contributed by atoms with Gasteiger partial charge in [0.2, 0.25) is 5.91 Å². The Bertz CT molecular complexity index is 1590. The van der Waals surface area contributed by atoms with Crippen LogP contribution in [0.1, 0.15) is 98.5 Å². The van der Waals surface area contributed by atoms with Crippen molar-refractivity contribution in [3.63, 3.8) is 0 Å². The van der Waals surface area contributed by atoms with Gasteiger partial charge < -0.3 is 14.4 Å². The second kappa shape index (κ2) is 14.5. The first-order valence-corrected chi connectivity index (χ1v) is 16.7. The fourth-order valence-corrected chi connectivity index (χ4v) is 6.46. The van der Waals surface area contributed by atoms with Crippen LogP contribution >= 0.6 is 0 Å². The standard InChI is InChI=1S/C39H50N4O3/c1-8-42(23-30-21-28(3)37(29(4)22-30)46-25-32-12-10-9-11-27(32)2)38(44)31-13-17-35(18-14-31)43-24-34(40-41-43)26-45-36-19-15-33(16-20-36)39(5,6)7/h9-12,15-16,19-22,24,31,35H,8,13-14,17-18,23,25-26H2,1-7H3. The number of ether oxygens (including phenoxy) is 2. The predicted octanol–water partition coefficient (Wildman–Crippen LogP) is 8.44. The van der Waals surface area contributed by atoms with Gasteiger partial charge in [0.05, 0.1) is 12.2 Å². The molecular formula is C39H50N4O3. The van der Waals surface area contributed by atoms with Crippen LogP contribution in [0.25, 0.3) is 0 Å². The summed E-state index contributed by atoms with van der Waals surface area (Å²) in [5, 5.41) is 8.78. The maximum absolute atomic E-state index is 13.7. The predicted molar refractivity (Wildman–Crippen MR) is 183 cm³/mol. The van der Waals surface area contributed by atoms with Crippen molar-refractivity contribution in [1.82, 2.24) is 19.9 Å². The number of aryl methyl sites for hydroxylation is 3. The minimum absolute atomic E-state index is 0.0394. The Morgan fingerprint density at radius 1 is 0.891 bits per heavy atom. The van der Waals surface area contributed by atoms with Crippen molar-refractivity contribution >= 4 is 5.91 Å². The highest BCUT2D eigenvalue weighted by Gasteiger charge is 2.30. The van der Waals surface area contributed by atoms with Gasteiger partial charge in [-0.2, -0.15) is 0 Å². The Morgan fingerprint density at radius 2 is 1.57 bits per heavy atom. The van der Waals surface area contributed by atoms with Crippen molar-refractivity contribution < 1.29 is 14.3 Å². The van der Waals surface area contributed by atoms with E-state index in [1.165, 1.54) is 16.7 Å². The Kier molecular flexibility index (Phi) is 10.5. The summed E-state index contributed by atoms with van der Waals surface area (Å²) in [7, 11) is 0. The molecule has 1 aliphatic carbocycles. The third-order valence-electron chi connectivity index (χ3n) is 9.31. The van der Waals surface area contributed by atoms with E-state index < -0.39 is 0 Å². The number of hydrogen-bond donors (Lipinski definition) is 0. The average Bonchev–Trinajstić information content (AvgIpc) is 3.52. The number of rotatable bonds is 11. The molecule has 244 valence electrons. The van der Waals surface area contributed by atoms with E-state index in [1.54, 1.807) is 0 Å². The summed E-state index contributed by atoms with van der Waals surface area (Å²) >= 11 is 0. The molecular weight excluding hydrogens is 572 g/mol. The third kappa shape index (κ3) is 8.17. The molecule has 4 aromatic rings. The van der Waals surface area contributed by atoms with Crippen LogP contribution in [0.3, 0.4) is 0 Å². The summed E-state index contributed by atoms with van der Waals surface area (Å²) in [4.78, 5) is 15.7. The summed E-state index contributed by atoms with van der Waals surface area (Å²) in [6.45, 7) is 17.2. The lowest BCUT2D eigenvalue weighted by molar-refractivity contribution is -0.137. The topological polar surface area (TPSA) is 69.5 Å². The molecule has 1 aliphatic rings. The summed E-state index contributed by atoms with van der Waals surface area (Å²) < 4.78 is 14.2. The molecule has 1 saturated carbocycles. The van der Waals surface area contributed by atoms with E-state index in [4.69, 9.17) is 9.47 Å². The lowest BCUT2D eigenvalue weighted by Crippen LogP contribution is -2.37. The number of aromatic nitrogens is 3. The van der Waals surface area contributed by atoms with Gasteiger partial charge in [-0.1, -0.05) is 74.5 Å². The fourth-order valence-electron chi connectivity index (χ4n) is 6.46. The van der Waals surface area contributed by atoms with Crippen molar-refractivity contribution in [2.24, 2.45) is 5.92 Å². The quantitative estimate of drug-likeness (QED) is 0.168. The van der Waals surface area contributed by atoms with Gasteiger partial charge in [-0.15, -0.1) is 5.10 Å².